The van der Waals surface area contributed by atoms with Crippen LogP contribution < -0.4 is 5.32 Å². The van der Waals surface area contributed by atoms with Crippen LogP contribution in [0.4, 0.5) is 0 Å². The van der Waals surface area contributed by atoms with Gasteiger partial charge < -0.3 is 5.32 Å². The van der Waals surface area contributed by atoms with Crippen LogP contribution in [0.15, 0.2) is 0 Å². The van der Waals surface area contributed by atoms with Crippen molar-refractivity contribution in [1.82, 2.24) is 25.9 Å². The molecule has 0 spiro atoms. The number of amides is 1. The van der Waals surface area contributed by atoms with Crippen molar-refractivity contribution in [3.05, 3.63) is 5.82 Å². The van der Waals surface area contributed by atoms with Crippen molar-refractivity contribution in [2.75, 3.05) is 0 Å². The zero-order chi connectivity index (χ0) is 12.9. The van der Waals surface area contributed by atoms with Crippen molar-refractivity contribution in [1.29, 1.82) is 0 Å². The predicted octanol–water partition coefficient (Wildman–Crippen LogP) is 1.28. The number of aromatic nitrogens is 4. The average Bonchev–Trinajstić information content (AvgIpc) is 2.63. The largest absolute Gasteiger partial charge is 0.349 e. The summed E-state index contributed by atoms with van der Waals surface area (Å²) in [5.41, 5.74) is 0.257. The third-order valence-electron chi connectivity index (χ3n) is 2.33. The molecular weight excluding hydrogens is 218 g/mol. The lowest BCUT2D eigenvalue weighted by Gasteiger charge is -2.22. The van der Waals surface area contributed by atoms with Crippen LogP contribution in [0.5, 0.6) is 0 Å². The third-order valence-corrected chi connectivity index (χ3v) is 2.33. The van der Waals surface area contributed by atoms with Gasteiger partial charge in [-0.1, -0.05) is 32.9 Å². The Labute approximate surface area is 102 Å². The highest BCUT2D eigenvalue weighted by molar-refractivity contribution is 5.75. The molecule has 0 radical (unpaired) electrons. The average molecular weight is 239 g/mol. The molecule has 1 unspecified atom stereocenters. The van der Waals surface area contributed by atoms with Crippen molar-refractivity contribution in [3.63, 3.8) is 0 Å². The number of carbonyl (C=O) groups excluding carboxylic acids is 1. The highest BCUT2D eigenvalue weighted by Gasteiger charge is 2.17. The van der Waals surface area contributed by atoms with E-state index in [1.807, 2.05) is 0 Å². The minimum atomic E-state index is 0.0338. The monoisotopic (exact) mass is 239 g/mol. The molecule has 96 valence electrons. The summed E-state index contributed by atoms with van der Waals surface area (Å²) >= 11 is 0. The lowest BCUT2D eigenvalue weighted by molar-refractivity contribution is -0.122. The quantitative estimate of drug-likeness (QED) is 0.810. The van der Waals surface area contributed by atoms with Gasteiger partial charge in [-0.2, -0.15) is 5.21 Å². The molecule has 2 N–H and O–H groups in total. The Kier molecular flexibility index (Phi) is 4.60. The number of carbonyl (C=O) groups is 1. The van der Waals surface area contributed by atoms with E-state index in [0.717, 1.165) is 6.42 Å². The first-order valence-electron chi connectivity index (χ1n) is 5.86. The normalized spacial score (nSPS) is 13.4. The van der Waals surface area contributed by atoms with Gasteiger partial charge in [0.2, 0.25) is 5.91 Å². The molecular formula is C11H21N5O. The van der Waals surface area contributed by atoms with Gasteiger partial charge in [0.25, 0.3) is 0 Å². The Morgan fingerprint density at radius 2 is 2.18 bits per heavy atom. The second kappa shape index (κ2) is 5.75. The number of nitrogens with one attached hydrogen (secondary N) is 2. The highest BCUT2D eigenvalue weighted by atomic mass is 16.1. The molecule has 0 bridgehead atoms. The fourth-order valence-electron chi connectivity index (χ4n) is 1.94. The van der Waals surface area contributed by atoms with Gasteiger partial charge >= 0.3 is 0 Å². The molecule has 1 aromatic heterocycles. The maximum Gasteiger partial charge on any atom is 0.220 e. The molecule has 0 saturated carbocycles. The number of hydrogen-bond acceptors (Lipinski definition) is 4. The number of tetrazole rings is 1. The van der Waals surface area contributed by atoms with Crippen molar-refractivity contribution in [2.24, 2.45) is 11.3 Å². The summed E-state index contributed by atoms with van der Waals surface area (Å²) < 4.78 is 0. The smallest absolute Gasteiger partial charge is 0.220 e. The second-order valence-corrected chi connectivity index (χ2v) is 5.68. The number of nitrogens with zero attached hydrogens (tertiary/aromatic N) is 3. The van der Waals surface area contributed by atoms with E-state index in [1.165, 1.54) is 0 Å². The minimum absolute atomic E-state index is 0.0338. The van der Waals surface area contributed by atoms with Crippen molar-refractivity contribution >= 4 is 5.91 Å². The molecule has 6 heteroatoms. The van der Waals surface area contributed by atoms with Crippen LogP contribution in [-0.4, -0.2) is 26.5 Å². The van der Waals surface area contributed by atoms with E-state index in [9.17, 15) is 4.79 Å². The van der Waals surface area contributed by atoms with E-state index >= 15 is 0 Å². The first-order valence-corrected chi connectivity index (χ1v) is 5.86. The Bertz CT molecular complexity index is 341. The maximum absolute atomic E-state index is 11.6. The molecule has 0 aliphatic rings. The van der Waals surface area contributed by atoms with Gasteiger partial charge in [-0.25, -0.2) is 0 Å². The van der Waals surface area contributed by atoms with E-state index in [1.54, 1.807) is 0 Å². The van der Waals surface area contributed by atoms with E-state index in [2.05, 4.69) is 53.6 Å². The van der Waals surface area contributed by atoms with Crippen LogP contribution in [0.1, 0.15) is 46.4 Å². The van der Waals surface area contributed by atoms with Gasteiger partial charge in [0, 0.05) is 6.42 Å². The fourth-order valence-corrected chi connectivity index (χ4v) is 1.94. The lowest BCUT2D eigenvalue weighted by atomic mass is 9.84. The summed E-state index contributed by atoms with van der Waals surface area (Å²) in [6.45, 7) is 8.97. The van der Waals surface area contributed by atoms with Crippen LogP contribution in [0, 0.1) is 11.3 Å². The van der Waals surface area contributed by atoms with Crippen molar-refractivity contribution in [3.8, 4) is 0 Å². The van der Waals surface area contributed by atoms with Crippen LogP contribution in [0.3, 0.4) is 0 Å². The molecule has 1 aromatic rings. The summed E-state index contributed by atoms with van der Waals surface area (Å²) in [5.74, 6) is 0.911. The Morgan fingerprint density at radius 3 is 2.71 bits per heavy atom. The van der Waals surface area contributed by atoms with Crippen LogP contribution in [-0.2, 0) is 11.3 Å². The fraction of sp³-hybridized carbons (Fsp3) is 0.818. The molecule has 1 atom stereocenters. The molecule has 1 heterocycles. The topological polar surface area (TPSA) is 83.6 Å². The summed E-state index contributed by atoms with van der Waals surface area (Å²) in [5, 5.41) is 16.1. The van der Waals surface area contributed by atoms with Gasteiger partial charge in [0.05, 0.1) is 6.54 Å². The third kappa shape index (κ3) is 5.99. The number of H-pyrrole nitrogens is 1. The Hall–Kier alpha value is -1.46. The Morgan fingerprint density at radius 1 is 1.47 bits per heavy atom. The molecule has 6 nitrogen and oxygen atoms in total. The van der Waals surface area contributed by atoms with Crippen LogP contribution >= 0.6 is 0 Å². The number of aromatic amines is 1. The zero-order valence-electron chi connectivity index (χ0n) is 10.9. The molecule has 17 heavy (non-hydrogen) atoms. The van der Waals surface area contributed by atoms with Crippen LogP contribution in [0.25, 0.3) is 0 Å². The molecule has 1 rings (SSSR count). The maximum atomic E-state index is 11.6. The zero-order valence-corrected chi connectivity index (χ0v) is 10.9. The van der Waals surface area contributed by atoms with Gasteiger partial charge in [-0.15, -0.1) is 10.2 Å². The SMILES string of the molecule is CC(CC(=O)NCc1nn[nH]n1)CC(C)(C)C. The molecule has 0 aromatic carbocycles. The van der Waals surface area contributed by atoms with Crippen molar-refractivity contribution in [2.45, 2.75) is 47.1 Å². The van der Waals surface area contributed by atoms with E-state index in [0.29, 0.717) is 24.7 Å². The highest BCUT2D eigenvalue weighted by Crippen LogP contribution is 2.25. The molecule has 1 amide bonds. The summed E-state index contributed by atoms with van der Waals surface area (Å²) in [4.78, 5) is 11.6. The molecule has 0 aliphatic heterocycles. The van der Waals surface area contributed by atoms with Gasteiger partial charge in [-0.3, -0.25) is 4.79 Å². The van der Waals surface area contributed by atoms with Crippen LogP contribution in [0.2, 0.25) is 0 Å². The summed E-state index contributed by atoms with van der Waals surface area (Å²) in [6, 6.07) is 0. The standard InChI is InChI=1S/C11H21N5O/c1-8(6-11(2,3)4)5-10(17)12-7-9-13-15-16-14-9/h8H,5-7H2,1-4H3,(H,12,17)(H,13,14,15,16). The van der Waals surface area contributed by atoms with Gasteiger partial charge in [-0.05, 0) is 17.8 Å². The number of rotatable bonds is 5. The second-order valence-electron chi connectivity index (χ2n) is 5.68. The molecule has 0 saturated heterocycles. The van der Waals surface area contributed by atoms with E-state index in [4.69, 9.17) is 0 Å². The van der Waals surface area contributed by atoms with Gasteiger partial charge in [0.1, 0.15) is 0 Å². The first kappa shape index (κ1) is 13.6. The van der Waals surface area contributed by atoms with E-state index in [-0.39, 0.29) is 11.3 Å². The predicted molar refractivity (Wildman–Crippen MR) is 63.9 cm³/mol. The first-order chi connectivity index (χ1) is 7.87. The summed E-state index contributed by atoms with van der Waals surface area (Å²) in [7, 11) is 0. The molecule has 0 fully saturated rings. The van der Waals surface area contributed by atoms with E-state index < -0.39 is 0 Å². The molecule has 0 aliphatic carbocycles. The van der Waals surface area contributed by atoms with Gasteiger partial charge in [0.15, 0.2) is 5.82 Å². The minimum Gasteiger partial charge on any atom is -0.349 e. The summed E-state index contributed by atoms with van der Waals surface area (Å²) in [6.07, 6.45) is 1.57. The number of hydrogen-bond donors (Lipinski definition) is 2. The van der Waals surface area contributed by atoms with Crippen molar-refractivity contribution < 1.29 is 4.79 Å². The lowest BCUT2D eigenvalue weighted by Crippen LogP contribution is -2.26. The Balaban J connectivity index is 2.25.